The van der Waals surface area contributed by atoms with Crippen LogP contribution in [0.25, 0.3) is 0 Å². The van der Waals surface area contributed by atoms with Crippen LogP contribution in [0.15, 0.2) is 0 Å². The Labute approximate surface area is 107 Å². The molecule has 1 saturated carbocycles. The first-order valence-electron chi connectivity index (χ1n) is 7.70. The van der Waals surface area contributed by atoms with Gasteiger partial charge in [-0.3, -0.25) is 0 Å². The molecule has 0 bridgehead atoms. The molecule has 0 aromatic carbocycles. The lowest BCUT2D eigenvalue weighted by Gasteiger charge is -2.31. The Kier molecular flexibility index (Phi) is 5.30. The van der Waals surface area contributed by atoms with Gasteiger partial charge in [-0.2, -0.15) is 0 Å². The monoisotopic (exact) mass is 239 g/mol. The van der Waals surface area contributed by atoms with Gasteiger partial charge in [0.1, 0.15) is 0 Å². The lowest BCUT2D eigenvalue weighted by atomic mass is 9.87. The van der Waals surface area contributed by atoms with Crippen LogP contribution in [-0.4, -0.2) is 24.8 Å². The van der Waals surface area contributed by atoms with Crippen molar-refractivity contribution in [2.75, 3.05) is 6.54 Å². The van der Waals surface area contributed by atoms with E-state index in [9.17, 15) is 0 Å². The predicted octanol–water partition coefficient (Wildman–Crippen LogP) is 3.50. The van der Waals surface area contributed by atoms with Crippen LogP contribution in [0.1, 0.15) is 65.2 Å². The van der Waals surface area contributed by atoms with Crippen LogP contribution < -0.4 is 5.32 Å². The van der Waals surface area contributed by atoms with Crippen molar-refractivity contribution in [1.82, 2.24) is 5.32 Å². The Hall–Kier alpha value is -0.0800. The second-order valence-corrected chi connectivity index (χ2v) is 5.90. The first-order valence-corrected chi connectivity index (χ1v) is 7.70. The van der Waals surface area contributed by atoms with E-state index in [1.807, 2.05) is 0 Å². The Morgan fingerprint density at radius 1 is 1.06 bits per heavy atom. The van der Waals surface area contributed by atoms with Gasteiger partial charge in [0.25, 0.3) is 0 Å². The molecular weight excluding hydrogens is 210 g/mol. The standard InChI is InChI=1S/C15H29NO/c1-3-16-15(14-11-10-12(2)17-14)13-8-6-4-5-7-9-13/h12-16H,3-11H2,1-2H3. The molecule has 0 aromatic rings. The van der Waals surface area contributed by atoms with E-state index in [1.165, 1.54) is 51.4 Å². The van der Waals surface area contributed by atoms with Crippen molar-refractivity contribution < 1.29 is 4.74 Å². The van der Waals surface area contributed by atoms with Gasteiger partial charge in [-0.15, -0.1) is 0 Å². The Morgan fingerprint density at radius 2 is 1.76 bits per heavy atom. The molecule has 2 heteroatoms. The summed E-state index contributed by atoms with van der Waals surface area (Å²) >= 11 is 0. The quantitative estimate of drug-likeness (QED) is 0.758. The van der Waals surface area contributed by atoms with Gasteiger partial charge in [0.15, 0.2) is 0 Å². The molecule has 2 rings (SSSR count). The molecule has 1 aliphatic heterocycles. The first-order chi connectivity index (χ1) is 8.31. The van der Waals surface area contributed by atoms with Crippen LogP contribution in [0.2, 0.25) is 0 Å². The Morgan fingerprint density at radius 3 is 2.29 bits per heavy atom. The maximum absolute atomic E-state index is 6.11. The number of ether oxygens (including phenoxy) is 1. The summed E-state index contributed by atoms with van der Waals surface area (Å²) in [7, 11) is 0. The molecule has 3 unspecified atom stereocenters. The van der Waals surface area contributed by atoms with Crippen LogP contribution >= 0.6 is 0 Å². The largest absolute Gasteiger partial charge is 0.374 e. The average molecular weight is 239 g/mol. The van der Waals surface area contributed by atoms with Crippen molar-refractivity contribution in [3.8, 4) is 0 Å². The van der Waals surface area contributed by atoms with Gasteiger partial charge in [-0.05, 0) is 45.1 Å². The molecule has 17 heavy (non-hydrogen) atoms. The number of nitrogens with one attached hydrogen (secondary N) is 1. The zero-order valence-electron chi connectivity index (χ0n) is 11.6. The fourth-order valence-corrected chi connectivity index (χ4v) is 3.61. The van der Waals surface area contributed by atoms with Crippen molar-refractivity contribution in [2.24, 2.45) is 5.92 Å². The minimum absolute atomic E-state index is 0.479. The SMILES string of the molecule is CCNC(C1CCCCCC1)C1CCC(C)O1. The maximum atomic E-state index is 6.11. The molecule has 1 N–H and O–H groups in total. The molecule has 0 radical (unpaired) electrons. The van der Waals surface area contributed by atoms with Crippen LogP contribution in [0, 0.1) is 5.92 Å². The molecule has 1 heterocycles. The van der Waals surface area contributed by atoms with Gasteiger partial charge in [0.05, 0.1) is 12.2 Å². The summed E-state index contributed by atoms with van der Waals surface area (Å²) in [5.41, 5.74) is 0. The smallest absolute Gasteiger partial charge is 0.0735 e. The average Bonchev–Trinajstić information content (AvgIpc) is 2.60. The molecule has 0 aromatic heterocycles. The van der Waals surface area contributed by atoms with E-state index in [2.05, 4.69) is 19.2 Å². The maximum Gasteiger partial charge on any atom is 0.0735 e. The van der Waals surface area contributed by atoms with E-state index in [1.54, 1.807) is 0 Å². The summed E-state index contributed by atoms with van der Waals surface area (Å²) in [5, 5.41) is 3.72. The van der Waals surface area contributed by atoms with Crippen LogP contribution in [0.3, 0.4) is 0 Å². The van der Waals surface area contributed by atoms with Crippen molar-refractivity contribution >= 4 is 0 Å². The minimum Gasteiger partial charge on any atom is -0.374 e. The molecule has 2 aliphatic rings. The zero-order valence-corrected chi connectivity index (χ0v) is 11.6. The van der Waals surface area contributed by atoms with Crippen LogP contribution in [-0.2, 0) is 4.74 Å². The Balaban J connectivity index is 1.94. The number of hydrogen-bond acceptors (Lipinski definition) is 2. The molecule has 3 atom stereocenters. The minimum atomic E-state index is 0.479. The molecule has 2 nitrogen and oxygen atoms in total. The number of rotatable bonds is 4. The van der Waals surface area contributed by atoms with Crippen molar-refractivity contribution in [3.63, 3.8) is 0 Å². The lowest BCUT2D eigenvalue weighted by molar-refractivity contribution is 0.0154. The second-order valence-electron chi connectivity index (χ2n) is 5.90. The fourth-order valence-electron chi connectivity index (χ4n) is 3.61. The normalized spacial score (nSPS) is 33.5. The molecule has 2 fully saturated rings. The number of hydrogen-bond donors (Lipinski definition) is 1. The summed E-state index contributed by atoms with van der Waals surface area (Å²) < 4.78 is 6.11. The fraction of sp³-hybridized carbons (Fsp3) is 1.00. The van der Waals surface area contributed by atoms with E-state index in [-0.39, 0.29) is 0 Å². The Bertz CT molecular complexity index is 211. The molecular formula is C15H29NO. The summed E-state index contributed by atoms with van der Waals surface area (Å²) in [5.74, 6) is 0.854. The second kappa shape index (κ2) is 6.75. The summed E-state index contributed by atoms with van der Waals surface area (Å²) in [6.45, 7) is 5.52. The van der Waals surface area contributed by atoms with E-state index in [0.717, 1.165) is 12.5 Å². The highest BCUT2D eigenvalue weighted by atomic mass is 16.5. The molecule has 1 aliphatic carbocycles. The summed E-state index contributed by atoms with van der Waals surface area (Å²) in [6.07, 6.45) is 12.0. The van der Waals surface area contributed by atoms with Crippen molar-refractivity contribution in [3.05, 3.63) is 0 Å². The highest BCUT2D eigenvalue weighted by Gasteiger charge is 2.34. The third-order valence-electron chi connectivity index (χ3n) is 4.51. The molecule has 0 amide bonds. The molecule has 1 saturated heterocycles. The van der Waals surface area contributed by atoms with Gasteiger partial charge in [0, 0.05) is 6.04 Å². The van der Waals surface area contributed by atoms with Gasteiger partial charge < -0.3 is 10.1 Å². The van der Waals surface area contributed by atoms with E-state index < -0.39 is 0 Å². The van der Waals surface area contributed by atoms with Crippen molar-refractivity contribution in [2.45, 2.75) is 83.5 Å². The number of likely N-dealkylation sites (N-methyl/N-ethyl adjacent to an activating group) is 1. The summed E-state index contributed by atoms with van der Waals surface area (Å²) in [6, 6.07) is 0.614. The van der Waals surface area contributed by atoms with Crippen LogP contribution in [0.4, 0.5) is 0 Å². The molecule has 0 spiro atoms. The van der Waals surface area contributed by atoms with Gasteiger partial charge >= 0.3 is 0 Å². The predicted molar refractivity (Wildman–Crippen MR) is 72.2 cm³/mol. The highest BCUT2D eigenvalue weighted by molar-refractivity contribution is 4.88. The third-order valence-corrected chi connectivity index (χ3v) is 4.51. The lowest BCUT2D eigenvalue weighted by Crippen LogP contribution is -2.45. The zero-order chi connectivity index (χ0) is 12.1. The van der Waals surface area contributed by atoms with Gasteiger partial charge in [0.2, 0.25) is 0 Å². The first kappa shape index (κ1) is 13.4. The highest BCUT2D eigenvalue weighted by Crippen LogP contribution is 2.32. The van der Waals surface area contributed by atoms with Crippen molar-refractivity contribution in [1.29, 1.82) is 0 Å². The summed E-state index contributed by atoms with van der Waals surface area (Å²) in [4.78, 5) is 0. The van der Waals surface area contributed by atoms with Gasteiger partial charge in [-0.25, -0.2) is 0 Å². The molecule has 100 valence electrons. The third kappa shape index (κ3) is 3.69. The topological polar surface area (TPSA) is 21.3 Å². The van der Waals surface area contributed by atoms with E-state index in [4.69, 9.17) is 4.74 Å². The van der Waals surface area contributed by atoms with Crippen LogP contribution in [0.5, 0.6) is 0 Å². The van der Waals surface area contributed by atoms with E-state index >= 15 is 0 Å². The van der Waals surface area contributed by atoms with E-state index in [0.29, 0.717) is 18.2 Å². The van der Waals surface area contributed by atoms with Gasteiger partial charge in [-0.1, -0.05) is 32.6 Å².